The van der Waals surface area contributed by atoms with Crippen LogP contribution in [0.25, 0.3) is 0 Å². The first kappa shape index (κ1) is 14.0. The highest BCUT2D eigenvalue weighted by atomic mass is 32.1. The van der Waals surface area contributed by atoms with Crippen LogP contribution >= 0.6 is 11.3 Å². The van der Waals surface area contributed by atoms with Crippen molar-refractivity contribution in [2.45, 2.75) is 19.4 Å². The average molecular weight is 316 g/mol. The van der Waals surface area contributed by atoms with Crippen molar-refractivity contribution in [2.75, 3.05) is 24.5 Å². The van der Waals surface area contributed by atoms with Crippen molar-refractivity contribution in [3.63, 3.8) is 0 Å². The van der Waals surface area contributed by atoms with E-state index in [1.807, 2.05) is 18.1 Å². The summed E-state index contributed by atoms with van der Waals surface area (Å²) in [5.41, 5.74) is 2.11. The third kappa shape index (κ3) is 2.27. The first-order valence-corrected chi connectivity index (χ1v) is 8.65. The van der Waals surface area contributed by atoms with Crippen LogP contribution < -0.4 is 4.90 Å². The Kier molecular flexibility index (Phi) is 3.31. The summed E-state index contributed by atoms with van der Waals surface area (Å²) >= 11 is 1.74. The second kappa shape index (κ2) is 5.21. The zero-order valence-corrected chi connectivity index (χ0v) is 13.6. The van der Waals surface area contributed by atoms with Gasteiger partial charge in [-0.1, -0.05) is 0 Å². The molecule has 0 aromatic carbocycles. The van der Waals surface area contributed by atoms with Crippen molar-refractivity contribution < 1.29 is 4.79 Å². The summed E-state index contributed by atoms with van der Waals surface area (Å²) in [6.07, 6.45) is 5.65. The van der Waals surface area contributed by atoms with Crippen LogP contribution in [0.5, 0.6) is 0 Å². The molecule has 2 saturated heterocycles. The summed E-state index contributed by atoms with van der Waals surface area (Å²) in [5.74, 6) is 0.285. The van der Waals surface area contributed by atoms with Gasteiger partial charge in [0.25, 0.3) is 0 Å². The smallest absolute Gasteiger partial charge is 0.234 e. The monoisotopic (exact) mass is 316 g/mol. The number of thiophene rings is 1. The van der Waals surface area contributed by atoms with Crippen molar-refractivity contribution in [2.24, 2.45) is 12.5 Å². The fourth-order valence-corrected chi connectivity index (χ4v) is 4.39. The molecule has 0 N–H and O–H groups in total. The average Bonchev–Trinajstić information content (AvgIpc) is 3.25. The Balaban J connectivity index is 1.48. The number of aryl methyl sites for hydroxylation is 1. The minimum atomic E-state index is -0.175. The molecule has 4 rings (SSSR count). The first-order valence-electron chi connectivity index (χ1n) is 7.70. The molecule has 6 heteroatoms. The molecular formula is C16H20N4OS. The van der Waals surface area contributed by atoms with E-state index in [9.17, 15) is 4.79 Å². The Bertz CT molecular complexity index is 680. The third-order valence-corrected chi connectivity index (χ3v) is 5.67. The molecule has 0 aliphatic carbocycles. The van der Waals surface area contributed by atoms with E-state index in [0.29, 0.717) is 0 Å². The van der Waals surface area contributed by atoms with Gasteiger partial charge >= 0.3 is 0 Å². The predicted molar refractivity (Wildman–Crippen MR) is 86.8 cm³/mol. The Morgan fingerprint density at radius 3 is 2.95 bits per heavy atom. The van der Waals surface area contributed by atoms with Crippen LogP contribution in [0.4, 0.5) is 5.69 Å². The number of likely N-dealkylation sites (tertiary alicyclic amines) is 1. The number of nitrogens with zero attached hydrogens (tertiary/aromatic N) is 4. The highest BCUT2D eigenvalue weighted by Crippen LogP contribution is 2.42. The van der Waals surface area contributed by atoms with Gasteiger partial charge in [0.1, 0.15) is 0 Å². The van der Waals surface area contributed by atoms with Crippen molar-refractivity contribution in [3.8, 4) is 0 Å². The molecule has 2 fully saturated rings. The lowest BCUT2D eigenvalue weighted by Crippen LogP contribution is -2.36. The number of amides is 1. The molecule has 0 saturated carbocycles. The molecule has 1 amide bonds. The lowest BCUT2D eigenvalue weighted by atomic mass is 9.85. The molecule has 4 heterocycles. The van der Waals surface area contributed by atoms with E-state index in [0.717, 1.165) is 44.7 Å². The standard InChI is InChI=1S/C16H20N4OS/c1-18-10-14(8-17-18)20-6-4-16(15(20)21)3-5-19(12-16)9-13-2-7-22-11-13/h2,7-8,10-11H,3-6,9,12H2,1H3. The summed E-state index contributed by atoms with van der Waals surface area (Å²) < 4.78 is 1.76. The van der Waals surface area contributed by atoms with E-state index < -0.39 is 0 Å². The van der Waals surface area contributed by atoms with E-state index >= 15 is 0 Å². The Hall–Kier alpha value is -1.66. The Morgan fingerprint density at radius 1 is 1.36 bits per heavy atom. The molecule has 0 bridgehead atoms. The van der Waals surface area contributed by atoms with Crippen LogP contribution in [0.15, 0.2) is 29.2 Å². The lowest BCUT2D eigenvalue weighted by molar-refractivity contribution is -0.125. The molecule has 1 unspecified atom stereocenters. The number of hydrogen-bond acceptors (Lipinski definition) is 4. The minimum absolute atomic E-state index is 0.175. The molecule has 2 aromatic heterocycles. The molecule has 2 aliphatic heterocycles. The lowest BCUT2D eigenvalue weighted by Gasteiger charge is -2.23. The van der Waals surface area contributed by atoms with Crippen molar-refractivity contribution >= 4 is 22.9 Å². The van der Waals surface area contributed by atoms with Gasteiger partial charge in [-0.25, -0.2) is 0 Å². The molecular weight excluding hydrogens is 296 g/mol. The number of carbonyl (C=O) groups is 1. The molecule has 116 valence electrons. The van der Waals surface area contributed by atoms with Crippen LogP contribution in [0.3, 0.4) is 0 Å². The van der Waals surface area contributed by atoms with Gasteiger partial charge in [0.05, 0.1) is 17.3 Å². The topological polar surface area (TPSA) is 41.4 Å². The molecule has 2 aromatic rings. The number of carbonyl (C=O) groups excluding carboxylic acids is 1. The predicted octanol–water partition coefficient (Wildman–Crippen LogP) is 2.11. The SMILES string of the molecule is Cn1cc(N2CCC3(CCN(Cc4ccsc4)C3)C2=O)cn1. The second-order valence-electron chi connectivity index (χ2n) is 6.45. The van der Waals surface area contributed by atoms with Gasteiger partial charge in [0, 0.05) is 32.9 Å². The highest BCUT2D eigenvalue weighted by Gasteiger charge is 2.51. The van der Waals surface area contributed by atoms with Crippen LogP contribution in [0.2, 0.25) is 0 Å². The minimum Gasteiger partial charge on any atom is -0.309 e. The molecule has 1 spiro atoms. The number of anilines is 1. The van der Waals surface area contributed by atoms with Crippen molar-refractivity contribution in [1.82, 2.24) is 14.7 Å². The highest BCUT2D eigenvalue weighted by molar-refractivity contribution is 7.07. The summed E-state index contributed by atoms with van der Waals surface area (Å²) in [4.78, 5) is 17.3. The second-order valence-corrected chi connectivity index (χ2v) is 7.23. The van der Waals surface area contributed by atoms with Crippen LogP contribution in [0, 0.1) is 5.41 Å². The van der Waals surface area contributed by atoms with Crippen molar-refractivity contribution in [1.29, 1.82) is 0 Å². The van der Waals surface area contributed by atoms with Crippen LogP contribution in [-0.2, 0) is 18.4 Å². The quantitative estimate of drug-likeness (QED) is 0.871. The summed E-state index contributed by atoms with van der Waals surface area (Å²) in [6, 6.07) is 2.17. The van der Waals surface area contributed by atoms with Gasteiger partial charge in [-0.3, -0.25) is 14.4 Å². The van der Waals surface area contributed by atoms with E-state index in [4.69, 9.17) is 0 Å². The van der Waals surface area contributed by atoms with Gasteiger partial charge in [0.2, 0.25) is 5.91 Å². The van der Waals surface area contributed by atoms with Gasteiger partial charge in [-0.05, 0) is 41.8 Å². The number of rotatable bonds is 3. The van der Waals surface area contributed by atoms with Gasteiger partial charge in [-0.2, -0.15) is 16.4 Å². The number of hydrogen-bond donors (Lipinski definition) is 0. The van der Waals surface area contributed by atoms with E-state index in [2.05, 4.69) is 26.8 Å². The van der Waals surface area contributed by atoms with E-state index in [-0.39, 0.29) is 11.3 Å². The summed E-state index contributed by atoms with van der Waals surface area (Å²) in [6.45, 7) is 3.68. The van der Waals surface area contributed by atoms with Gasteiger partial charge in [0.15, 0.2) is 0 Å². The van der Waals surface area contributed by atoms with E-state index in [1.165, 1.54) is 5.56 Å². The maximum Gasteiger partial charge on any atom is 0.234 e. The maximum atomic E-state index is 13.0. The summed E-state index contributed by atoms with van der Waals surface area (Å²) in [5, 5.41) is 8.50. The molecule has 1 atom stereocenters. The summed E-state index contributed by atoms with van der Waals surface area (Å²) in [7, 11) is 1.89. The molecule has 5 nitrogen and oxygen atoms in total. The Morgan fingerprint density at radius 2 is 2.23 bits per heavy atom. The zero-order chi connectivity index (χ0) is 15.2. The largest absolute Gasteiger partial charge is 0.309 e. The molecule has 22 heavy (non-hydrogen) atoms. The van der Waals surface area contributed by atoms with Crippen LogP contribution in [0.1, 0.15) is 18.4 Å². The molecule has 2 aliphatic rings. The first-order chi connectivity index (χ1) is 10.7. The van der Waals surface area contributed by atoms with E-state index in [1.54, 1.807) is 22.2 Å². The maximum absolute atomic E-state index is 13.0. The molecule has 0 radical (unpaired) electrons. The normalized spacial score (nSPS) is 25.7. The van der Waals surface area contributed by atoms with Gasteiger partial charge < -0.3 is 4.90 Å². The zero-order valence-electron chi connectivity index (χ0n) is 12.7. The number of aromatic nitrogens is 2. The Labute approximate surface area is 134 Å². The van der Waals surface area contributed by atoms with Crippen LogP contribution in [-0.4, -0.2) is 40.2 Å². The third-order valence-electron chi connectivity index (χ3n) is 4.93. The van der Waals surface area contributed by atoms with Crippen molar-refractivity contribution in [3.05, 3.63) is 34.8 Å². The van der Waals surface area contributed by atoms with Gasteiger partial charge in [-0.15, -0.1) is 0 Å². The fourth-order valence-electron chi connectivity index (χ4n) is 3.73. The fraction of sp³-hybridized carbons (Fsp3) is 0.500.